The molecule has 2 N–H and O–H groups in total. The van der Waals surface area contributed by atoms with Crippen LogP contribution in [0.4, 0.5) is 0 Å². The first-order chi connectivity index (χ1) is 12.7. The quantitative estimate of drug-likeness (QED) is 0.319. The molecule has 0 saturated heterocycles. The van der Waals surface area contributed by atoms with Crippen molar-refractivity contribution in [1.82, 2.24) is 20.2 Å². The molecule has 27 heavy (non-hydrogen) atoms. The van der Waals surface area contributed by atoms with E-state index in [0.717, 1.165) is 42.3 Å². The highest BCUT2D eigenvalue weighted by Gasteiger charge is 2.08. The van der Waals surface area contributed by atoms with Gasteiger partial charge in [0.25, 0.3) is 0 Å². The molecule has 0 bridgehead atoms. The summed E-state index contributed by atoms with van der Waals surface area (Å²) in [5.41, 5.74) is 4.71. The van der Waals surface area contributed by atoms with Crippen molar-refractivity contribution in [3.8, 4) is 0 Å². The number of nitrogens with zero attached hydrogens (tertiary/aromatic N) is 3. The minimum atomic E-state index is 0. The number of aromatic nitrogens is 2. The van der Waals surface area contributed by atoms with Crippen LogP contribution in [0.3, 0.4) is 0 Å². The summed E-state index contributed by atoms with van der Waals surface area (Å²) in [4.78, 5) is 14.9. The van der Waals surface area contributed by atoms with Crippen molar-refractivity contribution in [3.63, 3.8) is 0 Å². The van der Waals surface area contributed by atoms with Gasteiger partial charge in [0.2, 0.25) is 0 Å². The molecule has 0 amide bonds. The molecular weight excluding hydrogens is 449 g/mol. The van der Waals surface area contributed by atoms with E-state index < -0.39 is 0 Å². The van der Waals surface area contributed by atoms with Crippen molar-refractivity contribution in [1.29, 1.82) is 0 Å². The lowest BCUT2D eigenvalue weighted by Crippen LogP contribution is -2.38. The Kier molecular flexibility index (Phi) is 8.09. The molecule has 144 valence electrons. The van der Waals surface area contributed by atoms with Gasteiger partial charge in [-0.15, -0.1) is 24.0 Å². The molecule has 5 nitrogen and oxygen atoms in total. The van der Waals surface area contributed by atoms with Gasteiger partial charge in [-0.1, -0.05) is 36.4 Å². The van der Waals surface area contributed by atoms with Crippen molar-refractivity contribution >= 4 is 41.0 Å². The number of hydrogen-bond acceptors (Lipinski definition) is 2. The highest BCUT2D eigenvalue weighted by molar-refractivity contribution is 14.0. The predicted molar refractivity (Wildman–Crippen MR) is 124 cm³/mol. The highest BCUT2D eigenvalue weighted by Crippen LogP contribution is 2.11. The Hall–Kier alpha value is -2.09. The molecular formula is C21H28IN5. The maximum Gasteiger partial charge on any atom is 0.193 e. The van der Waals surface area contributed by atoms with E-state index in [0.29, 0.717) is 6.54 Å². The van der Waals surface area contributed by atoms with Gasteiger partial charge in [0.15, 0.2) is 5.96 Å². The van der Waals surface area contributed by atoms with Gasteiger partial charge in [0, 0.05) is 33.1 Å². The maximum atomic E-state index is 4.78. The fraction of sp³-hybridized carbons (Fsp3) is 0.333. The number of aliphatic imine (C=N–C) groups is 1. The Balaban J connectivity index is 0.00000261. The SMILES string of the molecule is CCNC(=NCCc1nc2ccccc2[nH]1)N(C)Cc1ccccc1C.I. The summed E-state index contributed by atoms with van der Waals surface area (Å²) in [6.07, 6.45) is 0.793. The fourth-order valence-corrected chi connectivity index (χ4v) is 2.98. The van der Waals surface area contributed by atoms with Crippen molar-refractivity contribution in [2.75, 3.05) is 20.1 Å². The number of rotatable bonds is 6. The van der Waals surface area contributed by atoms with Crippen LogP contribution in [0.15, 0.2) is 53.5 Å². The van der Waals surface area contributed by atoms with Crippen LogP contribution >= 0.6 is 24.0 Å². The first-order valence-electron chi connectivity index (χ1n) is 9.15. The van der Waals surface area contributed by atoms with E-state index in [-0.39, 0.29) is 24.0 Å². The van der Waals surface area contributed by atoms with Gasteiger partial charge in [0.1, 0.15) is 5.82 Å². The lowest BCUT2D eigenvalue weighted by atomic mass is 10.1. The van der Waals surface area contributed by atoms with E-state index in [1.54, 1.807) is 0 Å². The molecule has 3 aromatic rings. The summed E-state index contributed by atoms with van der Waals surface area (Å²) in [6, 6.07) is 16.6. The Labute approximate surface area is 178 Å². The van der Waals surface area contributed by atoms with Crippen molar-refractivity contribution in [2.24, 2.45) is 4.99 Å². The minimum absolute atomic E-state index is 0. The molecule has 0 fully saturated rings. The van der Waals surface area contributed by atoms with E-state index in [4.69, 9.17) is 4.99 Å². The first-order valence-corrected chi connectivity index (χ1v) is 9.15. The predicted octanol–water partition coefficient (Wildman–Crippen LogP) is 4.13. The van der Waals surface area contributed by atoms with Crippen LogP contribution in [0.5, 0.6) is 0 Å². The molecule has 1 aromatic heterocycles. The lowest BCUT2D eigenvalue weighted by molar-refractivity contribution is 0.475. The van der Waals surface area contributed by atoms with E-state index in [2.05, 4.69) is 71.4 Å². The number of imidazole rings is 1. The van der Waals surface area contributed by atoms with E-state index in [1.165, 1.54) is 11.1 Å². The topological polar surface area (TPSA) is 56.3 Å². The summed E-state index contributed by atoms with van der Waals surface area (Å²) >= 11 is 0. The number of benzene rings is 2. The second-order valence-electron chi connectivity index (χ2n) is 6.47. The van der Waals surface area contributed by atoms with Crippen LogP contribution in [0.25, 0.3) is 11.0 Å². The number of para-hydroxylation sites is 2. The third-order valence-electron chi connectivity index (χ3n) is 4.41. The van der Waals surface area contributed by atoms with Crippen LogP contribution in [0, 0.1) is 6.92 Å². The number of H-pyrrole nitrogens is 1. The van der Waals surface area contributed by atoms with E-state index >= 15 is 0 Å². The van der Waals surface area contributed by atoms with Crippen molar-refractivity contribution in [3.05, 3.63) is 65.5 Å². The maximum absolute atomic E-state index is 4.78. The largest absolute Gasteiger partial charge is 0.357 e. The molecule has 1 heterocycles. The third-order valence-corrected chi connectivity index (χ3v) is 4.41. The lowest BCUT2D eigenvalue weighted by Gasteiger charge is -2.23. The van der Waals surface area contributed by atoms with Gasteiger partial charge in [-0.3, -0.25) is 4.99 Å². The summed E-state index contributed by atoms with van der Waals surface area (Å²) in [5, 5.41) is 3.38. The average Bonchev–Trinajstić information content (AvgIpc) is 3.05. The first kappa shape index (κ1) is 21.2. The number of fused-ring (bicyclic) bond motifs is 1. The van der Waals surface area contributed by atoms with Crippen molar-refractivity contribution < 1.29 is 0 Å². The normalized spacial score (nSPS) is 11.3. The zero-order chi connectivity index (χ0) is 18.4. The number of aryl methyl sites for hydroxylation is 1. The molecule has 0 aliphatic heterocycles. The number of halogens is 1. The molecule has 3 rings (SSSR count). The van der Waals surface area contributed by atoms with Crippen LogP contribution in [0.2, 0.25) is 0 Å². The standard InChI is InChI=1S/C21H27N5.HI/c1-4-22-21(26(3)15-17-10-6-5-9-16(17)2)23-14-13-20-24-18-11-7-8-12-19(18)25-20;/h5-12H,4,13-15H2,1-3H3,(H,22,23)(H,24,25);1H. The van der Waals surface area contributed by atoms with Gasteiger partial charge in [-0.2, -0.15) is 0 Å². The molecule has 2 aromatic carbocycles. The summed E-state index contributed by atoms with van der Waals surface area (Å²) in [7, 11) is 2.08. The van der Waals surface area contributed by atoms with Gasteiger partial charge < -0.3 is 15.2 Å². The van der Waals surface area contributed by atoms with Gasteiger partial charge in [0.05, 0.1) is 11.0 Å². The zero-order valence-electron chi connectivity index (χ0n) is 16.2. The van der Waals surface area contributed by atoms with Gasteiger partial charge in [-0.25, -0.2) is 4.98 Å². The second-order valence-corrected chi connectivity index (χ2v) is 6.47. The Morgan fingerprint density at radius 2 is 1.89 bits per heavy atom. The van der Waals surface area contributed by atoms with Crippen LogP contribution in [-0.2, 0) is 13.0 Å². The zero-order valence-corrected chi connectivity index (χ0v) is 18.5. The molecule has 6 heteroatoms. The van der Waals surface area contributed by atoms with E-state index in [9.17, 15) is 0 Å². The van der Waals surface area contributed by atoms with Crippen LogP contribution < -0.4 is 5.32 Å². The highest BCUT2D eigenvalue weighted by atomic mass is 127. The van der Waals surface area contributed by atoms with Crippen LogP contribution in [-0.4, -0.2) is 41.0 Å². The molecule has 0 radical (unpaired) electrons. The summed E-state index contributed by atoms with van der Waals surface area (Å²) in [6.45, 7) is 6.62. The molecule has 0 aliphatic carbocycles. The van der Waals surface area contributed by atoms with Crippen LogP contribution in [0.1, 0.15) is 23.9 Å². The van der Waals surface area contributed by atoms with E-state index in [1.807, 2.05) is 18.2 Å². The number of aromatic amines is 1. The summed E-state index contributed by atoms with van der Waals surface area (Å²) < 4.78 is 0. The Morgan fingerprint density at radius 3 is 2.63 bits per heavy atom. The molecule has 0 atom stereocenters. The number of hydrogen-bond donors (Lipinski definition) is 2. The molecule has 0 unspecified atom stereocenters. The molecule has 0 aliphatic rings. The number of nitrogens with one attached hydrogen (secondary N) is 2. The average molecular weight is 477 g/mol. The van der Waals surface area contributed by atoms with Gasteiger partial charge >= 0.3 is 0 Å². The second kappa shape index (κ2) is 10.3. The molecule has 0 saturated carbocycles. The molecule has 0 spiro atoms. The third kappa shape index (κ3) is 5.69. The van der Waals surface area contributed by atoms with Crippen molar-refractivity contribution in [2.45, 2.75) is 26.8 Å². The monoisotopic (exact) mass is 477 g/mol. The van der Waals surface area contributed by atoms with Gasteiger partial charge in [-0.05, 0) is 37.1 Å². The minimum Gasteiger partial charge on any atom is -0.357 e. The summed E-state index contributed by atoms with van der Waals surface area (Å²) in [5.74, 6) is 1.90. The Bertz CT molecular complexity index is 854. The Morgan fingerprint density at radius 1 is 1.15 bits per heavy atom. The number of guanidine groups is 1. The fourth-order valence-electron chi connectivity index (χ4n) is 2.98. The smallest absolute Gasteiger partial charge is 0.193 e.